The average Bonchev–Trinajstić information content (AvgIpc) is 3.02. The highest BCUT2D eigenvalue weighted by molar-refractivity contribution is 5.97. The average molecular weight is 315 g/mol. The number of nitrogens with zero attached hydrogens (tertiary/aromatic N) is 2. The van der Waals surface area contributed by atoms with Crippen molar-refractivity contribution in [3.63, 3.8) is 0 Å². The number of fused-ring (bicyclic) bond motifs is 3. The number of hydrogen-bond donors (Lipinski definition) is 1. The maximum atomic E-state index is 12.4. The summed E-state index contributed by atoms with van der Waals surface area (Å²) in [6, 6.07) is 3.99. The van der Waals surface area contributed by atoms with Crippen LogP contribution in [-0.2, 0) is 13.5 Å². The number of rotatable bonds is 4. The van der Waals surface area contributed by atoms with Crippen LogP contribution in [0.4, 0.5) is 0 Å². The first-order valence-corrected chi connectivity index (χ1v) is 7.58. The lowest BCUT2D eigenvalue weighted by atomic mass is 10.1. The molecule has 1 aromatic carbocycles. The minimum absolute atomic E-state index is 0.0733. The van der Waals surface area contributed by atoms with Crippen LogP contribution in [0.1, 0.15) is 35.5 Å². The topological polar surface area (TPSA) is 65.4 Å². The number of carbonyl (C=O) groups excluding carboxylic acids is 1. The summed E-state index contributed by atoms with van der Waals surface area (Å²) in [4.78, 5) is 12.4. The van der Waals surface area contributed by atoms with Crippen LogP contribution in [0.25, 0.3) is 11.3 Å². The summed E-state index contributed by atoms with van der Waals surface area (Å²) in [6.07, 6.45) is 0.666. The van der Waals surface area contributed by atoms with Crippen LogP contribution in [-0.4, -0.2) is 35.9 Å². The second kappa shape index (κ2) is 5.61. The van der Waals surface area contributed by atoms with E-state index >= 15 is 0 Å². The minimum atomic E-state index is -0.136. The molecule has 6 heteroatoms. The highest BCUT2D eigenvalue weighted by Crippen LogP contribution is 2.43. The van der Waals surface area contributed by atoms with Crippen molar-refractivity contribution in [2.75, 3.05) is 14.2 Å². The van der Waals surface area contributed by atoms with Gasteiger partial charge in [-0.15, -0.1) is 0 Å². The quantitative estimate of drug-likeness (QED) is 0.801. The van der Waals surface area contributed by atoms with E-state index in [1.54, 1.807) is 18.9 Å². The van der Waals surface area contributed by atoms with E-state index in [0.717, 1.165) is 22.4 Å². The fourth-order valence-electron chi connectivity index (χ4n) is 3.06. The predicted molar refractivity (Wildman–Crippen MR) is 87.2 cm³/mol. The van der Waals surface area contributed by atoms with Crippen molar-refractivity contribution in [1.29, 1.82) is 0 Å². The molecule has 6 nitrogen and oxygen atoms in total. The Morgan fingerprint density at radius 2 is 1.91 bits per heavy atom. The van der Waals surface area contributed by atoms with Gasteiger partial charge in [-0.05, 0) is 31.5 Å². The first-order valence-electron chi connectivity index (χ1n) is 7.58. The second-order valence-corrected chi connectivity index (χ2v) is 5.97. The zero-order chi connectivity index (χ0) is 16.7. The molecule has 1 N–H and O–H groups in total. The Balaban J connectivity index is 2.09. The predicted octanol–water partition coefficient (Wildman–Crippen LogP) is 2.15. The molecule has 0 unspecified atom stereocenters. The molecule has 23 heavy (non-hydrogen) atoms. The van der Waals surface area contributed by atoms with Crippen molar-refractivity contribution >= 4 is 5.91 Å². The molecule has 0 atom stereocenters. The van der Waals surface area contributed by atoms with E-state index in [-0.39, 0.29) is 11.9 Å². The Labute approximate surface area is 135 Å². The van der Waals surface area contributed by atoms with Gasteiger partial charge < -0.3 is 14.8 Å². The van der Waals surface area contributed by atoms with E-state index in [2.05, 4.69) is 10.4 Å². The molecule has 0 fully saturated rings. The highest BCUT2D eigenvalue weighted by Gasteiger charge is 2.31. The number of benzene rings is 1. The molecule has 122 valence electrons. The Morgan fingerprint density at radius 1 is 1.26 bits per heavy atom. The standard InChI is InChI=1S/C17H21N3O3/c1-9(2)18-17(21)15-12-6-10-7-13(22-4)14(23-5)8-11(10)16(12)20(3)19-15/h7-9H,6H2,1-5H3,(H,18,21). The fraction of sp³-hybridized carbons (Fsp3) is 0.412. The molecule has 2 aromatic rings. The zero-order valence-corrected chi connectivity index (χ0v) is 14.1. The molecule has 0 spiro atoms. The Kier molecular flexibility index (Phi) is 3.75. The minimum Gasteiger partial charge on any atom is -0.493 e. The van der Waals surface area contributed by atoms with Crippen molar-refractivity contribution in [3.05, 3.63) is 29.0 Å². The Hall–Kier alpha value is -2.50. The van der Waals surface area contributed by atoms with Crippen molar-refractivity contribution < 1.29 is 14.3 Å². The molecule has 1 amide bonds. The maximum absolute atomic E-state index is 12.4. The molecule has 1 aliphatic carbocycles. The maximum Gasteiger partial charge on any atom is 0.272 e. The summed E-state index contributed by atoms with van der Waals surface area (Å²) in [5.41, 5.74) is 4.57. The zero-order valence-electron chi connectivity index (χ0n) is 14.1. The first-order chi connectivity index (χ1) is 11.0. The van der Waals surface area contributed by atoms with E-state index in [1.165, 1.54) is 0 Å². The molecule has 0 bridgehead atoms. The largest absolute Gasteiger partial charge is 0.493 e. The van der Waals surface area contributed by atoms with Crippen LogP contribution < -0.4 is 14.8 Å². The van der Waals surface area contributed by atoms with Gasteiger partial charge in [0.2, 0.25) is 0 Å². The molecular formula is C17H21N3O3. The summed E-state index contributed by atoms with van der Waals surface area (Å²) in [5, 5.41) is 7.32. The summed E-state index contributed by atoms with van der Waals surface area (Å²) in [6.45, 7) is 3.87. The fourth-order valence-corrected chi connectivity index (χ4v) is 3.06. The van der Waals surface area contributed by atoms with E-state index in [0.29, 0.717) is 23.6 Å². The normalized spacial score (nSPS) is 12.1. The summed E-state index contributed by atoms with van der Waals surface area (Å²) >= 11 is 0. The number of aromatic nitrogens is 2. The van der Waals surface area contributed by atoms with Gasteiger partial charge in [0.1, 0.15) is 0 Å². The number of amides is 1. The van der Waals surface area contributed by atoms with Crippen LogP contribution in [0, 0.1) is 0 Å². The lowest BCUT2D eigenvalue weighted by Gasteiger charge is -2.11. The van der Waals surface area contributed by atoms with Gasteiger partial charge in [0.15, 0.2) is 17.2 Å². The highest BCUT2D eigenvalue weighted by atomic mass is 16.5. The number of methoxy groups -OCH3 is 2. The monoisotopic (exact) mass is 315 g/mol. The molecular weight excluding hydrogens is 294 g/mol. The third-order valence-electron chi connectivity index (χ3n) is 4.01. The third-order valence-corrected chi connectivity index (χ3v) is 4.01. The number of carbonyl (C=O) groups is 1. The molecule has 0 saturated carbocycles. The molecule has 1 aromatic heterocycles. The molecule has 0 saturated heterocycles. The molecule has 1 aliphatic rings. The van der Waals surface area contributed by atoms with Crippen molar-refractivity contribution in [1.82, 2.24) is 15.1 Å². The van der Waals surface area contributed by atoms with E-state index in [9.17, 15) is 4.79 Å². The lowest BCUT2D eigenvalue weighted by molar-refractivity contribution is 0.0936. The van der Waals surface area contributed by atoms with Gasteiger partial charge in [0.25, 0.3) is 5.91 Å². The van der Waals surface area contributed by atoms with Gasteiger partial charge in [-0.2, -0.15) is 5.10 Å². The van der Waals surface area contributed by atoms with Crippen LogP contribution >= 0.6 is 0 Å². The number of ether oxygens (including phenoxy) is 2. The van der Waals surface area contributed by atoms with Gasteiger partial charge >= 0.3 is 0 Å². The number of nitrogens with one attached hydrogen (secondary N) is 1. The SMILES string of the molecule is COc1cc2c(cc1OC)-c1c(c(C(=O)NC(C)C)nn1C)C2. The second-order valence-electron chi connectivity index (χ2n) is 5.97. The number of aryl methyl sites for hydroxylation is 1. The van der Waals surface area contributed by atoms with Gasteiger partial charge in [-0.25, -0.2) is 0 Å². The lowest BCUT2D eigenvalue weighted by Crippen LogP contribution is -2.31. The molecule has 3 rings (SSSR count). The van der Waals surface area contributed by atoms with Crippen LogP contribution in [0.2, 0.25) is 0 Å². The van der Waals surface area contributed by atoms with Gasteiger partial charge in [0.05, 0.1) is 19.9 Å². The molecule has 0 radical (unpaired) electrons. The van der Waals surface area contributed by atoms with E-state index in [1.807, 2.05) is 33.0 Å². The summed E-state index contributed by atoms with van der Waals surface area (Å²) in [7, 11) is 5.09. The third kappa shape index (κ3) is 2.44. The number of hydrogen-bond acceptors (Lipinski definition) is 4. The first kappa shape index (κ1) is 15.4. The van der Waals surface area contributed by atoms with E-state index < -0.39 is 0 Å². The van der Waals surface area contributed by atoms with Gasteiger partial charge in [0, 0.05) is 30.6 Å². The summed E-state index contributed by atoms with van der Waals surface area (Å²) in [5.74, 6) is 1.23. The molecule has 1 heterocycles. The summed E-state index contributed by atoms with van der Waals surface area (Å²) < 4.78 is 12.5. The van der Waals surface area contributed by atoms with Crippen LogP contribution in [0.3, 0.4) is 0 Å². The molecule has 0 aliphatic heterocycles. The smallest absolute Gasteiger partial charge is 0.272 e. The van der Waals surface area contributed by atoms with Crippen molar-refractivity contribution in [2.45, 2.75) is 26.3 Å². The van der Waals surface area contributed by atoms with Crippen molar-refractivity contribution in [3.8, 4) is 22.8 Å². The van der Waals surface area contributed by atoms with Crippen molar-refractivity contribution in [2.24, 2.45) is 7.05 Å². The van der Waals surface area contributed by atoms with Gasteiger partial charge in [-0.1, -0.05) is 0 Å². The van der Waals surface area contributed by atoms with E-state index in [4.69, 9.17) is 9.47 Å². The Bertz CT molecular complexity index is 778. The van der Waals surface area contributed by atoms with Crippen LogP contribution in [0.5, 0.6) is 11.5 Å². The van der Waals surface area contributed by atoms with Gasteiger partial charge in [-0.3, -0.25) is 9.48 Å². The van der Waals surface area contributed by atoms with Crippen LogP contribution in [0.15, 0.2) is 12.1 Å². The Morgan fingerprint density at radius 3 is 2.52 bits per heavy atom.